The van der Waals surface area contributed by atoms with Crippen molar-refractivity contribution in [2.45, 2.75) is 18.9 Å². The lowest BCUT2D eigenvalue weighted by atomic mass is 10.0. The van der Waals surface area contributed by atoms with Crippen molar-refractivity contribution in [1.82, 2.24) is 5.32 Å². The van der Waals surface area contributed by atoms with Crippen LogP contribution in [0, 0.1) is 10.1 Å². The van der Waals surface area contributed by atoms with Gasteiger partial charge >= 0.3 is 5.69 Å². The number of ether oxygens (including phenoxy) is 1. The molecule has 17 heavy (non-hydrogen) atoms. The Labute approximate surface area is 106 Å². The molecular formula is C11H15ClN2O3. The van der Waals surface area contributed by atoms with Crippen molar-refractivity contribution in [3.63, 3.8) is 0 Å². The summed E-state index contributed by atoms with van der Waals surface area (Å²) in [5.74, 6) is 0.312. The third-order valence-electron chi connectivity index (χ3n) is 2.86. The van der Waals surface area contributed by atoms with E-state index in [0.29, 0.717) is 5.75 Å². The van der Waals surface area contributed by atoms with Crippen LogP contribution in [0.15, 0.2) is 18.2 Å². The van der Waals surface area contributed by atoms with Gasteiger partial charge in [0.05, 0.1) is 12.0 Å². The zero-order valence-corrected chi connectivity index (χ0v) is 10.3. The van der Waals surface area contributed by atoms with Gasteiger partial charge in [0.1, 0.15) is 0 Å². The van der Waals surface area contributed by atoms with Crippen molar-refractivity contribution in [2.75, 3.05) is 13.7 Å². The first-order valence-corrected chi connectivity index (χ1v) is 5.28. The summed E-state index contributed by atoms with van der Waals surface area (Å²) in [5, 5.41) is 14.2. The topological polar surface area (TPSA) is 64.4 Å². The molecule has 1 aliphatic heterocycles. The number of nitro groups is 1. The molecular weight excluding hydrogens is 244 g/mol. The maximum absolute atomic E-state index is 10.9. The fraction of sp³-hybridized carbons (Fsp3) is 0.455. The summed E-state index contributed by atoms with van der Waals surface area (Å²) in [7, 11) is 1.44. The van der Waals surface area contributed by atoms with Gasteiger partial charge in [0.25, 0.3) is 0 Å². The van der Waals surface area contributed by atoms with Gasteiger partial charge in [-0.05, 0) is 31.0 Å². The zero-order chi connectivity index (χ0) is 11.5. The lowest BCUT2D eigenvalue weighted by Gasteiger charge is -2.11. The van der Waals surface area contributed by atoms with Crippen molar-refractivity contribution >= 4 is 18.1 Å². The molecule has 0 bridgehead atoms. The van der Waals surface area contributed by atoms with E-state index in [0.717, 1.165) is 24.9 Å². The minimum atomic E-state index is -0.405. The Hall–Kier alpha value is -1.33. The first kappa shape index (κ1) is 13.7. The Balaban J connectivity index is 0.00000144. The molecule has 0 spiro atoms. The Morgan fingerprint density at radius 3 is 2.82 bits per heavy atom. The van der Waals surface area contributed by atoms with Crippen LogP contribution in [0.1, 0.15) is 24.4 Å². The Bertz CT molecular complexity index is 406. The molecule has 1 atom stereocenters. The number of hydrogen-bond acceptors (Lipinski definition) is 4. The van der Waals surface area contributed by atoms with Crippen LogP contribution in [0.2, 0.25) is 0 Å². The molecule has 5 nitrogen and oxygen atoms in total. The van der Waals surface area contributed by atoms with Crippen molar-refractivity contribution in [2.24, 2.45) is 0 Å². The highest BCUT2D eigenvalue weighted by atomic mass is 35.5. The van der Waals surface area contributed by atoms with Crippen molar-refractivity contribution in [3.05, 3.63) is 33.9 Å². The fourth-order valence-electron chi connectivity index (χ4n) is 2.04. The third-order valence-corrected chi connectivity index (χ3v) is 2.86. The van der Waals surface area contributed by atoms with Crippen LogP contribution < -0.4 is 10.1 Å². The third kappa shape index (κ3) is 2.87. The summed E-state index contributed by atoms with van der Waals surface area (Å²) in [5.41, 5.74) is 0.999. The molecule has 1 aromatic rings. The normalized spacial score (nSPS) is 18.5. The van der Waals surface area contributed by atoms with E-state index in [9.17, 15) is 10.1 Å². The second kappa shape index (κ2) is 5.84. The number of nitro benzene ring substituents is 1. The summed E-state index contributed by atoms with van der Waals surface area (Å²) in [6.07, 6.45) is 2.15. The average molecular weight is 259 g/mol. The Kier molecular flexibility index (Phi) is 4.72. The predicted octanol–water partition coefficient (Wildman–Crippen LogP) is 2.45. The van der Waals surface area contributed by atoms with E-state index in [4.69, 9.17) is 4.74 Å². The molecule has 0 saturated carbocycles. The highest BCUT2D eigenvalue weighted by Crippen LogP contribution is 2.32. The van der Waals surface area contributed by atoms with Gasteiger partial charge in [-0.2, -0.15) is 0 Å². The lowest BCUT2D eigenvalue weighted by molar-refractivity contribution is -0.385. The number of halogens is 1. The highest BCUT2D eigenvalue weighted by Gasteiger charge is 2.21. The lowest BCUT2D eigenvalue weighted by Crippen LogP contribution is -2.13. The van der Waals surface area contributed by atoms with Crippen LogP contribution in [0.5, 0.6) is 5.75 Å². The molecule has 6 heteroatoms. The molecule has 1 aliphatic rings. The van der Waals surface area contributed by atoms with Gasteiger partial charge in [-0.25, -0.2) is 0 Å². The fourth-order valence-corrected chi connectivity index (χ4v) is 2.04. The van der Waals surface area contributed by atoms with E-state index in [1.807, 2.05) is 6.07 Å². The van der Waals surface area contributed by atoms with Crippen molar-refractivity contribution < 1.29 is 9.66 Å². The molecule has 1 saturated heterocycles. The second-order valence-electron chi connectivity index (χ2n) is 3.84. The van der Waals surface area contributed by atoms with Crippen molar-refractivity contribution in [3.8, 4) is 5.75 Å². The zero-order valence-electron chi connectivity index (χ0n) is 9.51. The predicted molar refractivity (Wildman–Crippen MR) is 66.9 cm³/mol. The van der Waals surface area contributed by atoms with E-state index >= 15 is 0 Å². The maximum Gasteiger partial charge on any atom is 0.311 e. The number of benzene rings is 1. The minimum absolute atomic E-state index is 0. The monoisotopic (exact) mass is 258 g/mol. The van der Waals surface area contributed by atoms with Crippen LogP contribution in [-0.2, 0) is 0 Å². The van der Waals surface area contributed by atoms with Gasteiger partial charge in [-0.1, -0.05) is 6.07 Å². The molecule has 0 amide bonds. The SMILES string of the molecule is COc1ccc([C@H]2CCCN2)cc1[N+](=O)[O-].Cl. The molecule has 0 aromatic heterocycles. The largest absolute Gasteiger partial charge is 0.490 e. The van der Waals surface area contributed by atoms with Gasteiger partial charge in [-0.15, -0.1) is 12.4 Å². The Morgan fingerprint density at radius 1 is 1.53 bits per heavy atom. The summed E-state index contributed by atoms with van der Waals surface area (Å²) >= 11 is 0. The number of methoxy groups -OCH3 is 1. The molecule has 1 fully saturated rings. The second-order valence-corrected chi connectivity index (χ2v) is 3.84. The van der Waals surface area contributed by atoms with Gasteiger partial charge in [-0.3, -0.25) is 10.1 Å². The standard InChI is InChI=1S/C11H14N2O3.ClH/c1-16-11-5-4-8(7-10(11)13(14)15)9-3-2-6-12-9;/h4-5,7,9,12H,2-3,6H2,1H3;1H/t9-;/m1./s1. The van der Waals surface area contributed by atoms with E-state index in [-0.39, 0.29) is 24.1 Å². The Morgan fingerprint density at radius 2 is 2.29 bits per heavy atom. The number of nitrogens with one attached hydrogen (secondary N) is 1. The molecule has 0 unspecified atom stereocenters. The van der Waals surface area contributed by atoms with Gasteiger partial charge in [0.2, 0.25) is 0 Å². The minimum Gasteiger partial charge on any atom is -0.490 e. The van der Waals surface area contributed by atoms with E-state index < -0.39 is 4.92 Å². The molecule has 1 N–H and O–H groups in total. The van der Waals surface area contributed by atoms with Crippen LogP contribution in [0.3, 0.4) is 0 Å². The molecule has 1 heterocycles. The first-order chi connectivity index (χ1) is 7.72. The highest BCUT2D eigenvalue weighted by molar-refractivity contribution is 5.85. The van der Waals surface area contributed by atoms with E-state index in [1.165, 1.54) is 7.11 Å². The van der Waals surface area contributed by atoms with Gasteiger partial charge in [0.15, 0.2) is 5.75 Å². The molecule has 2 rings (SSSR count). The summed E-state index contributed by atoms with van der Waals surface area (Å²) in [6, 6.07) is 5.38. The van der Waals surface area contributed by atoms with Gasteiger partial charge in [0, 0.05) is 12.1 Å². The van der Waals surface area contributed by atoms with E-state index in [1.54, 1.807) is 12.1 Å². The molecule has 0 radical (unpaired) electrons. The number of rotatable bonds is 3. The van der Waals surface area contributed by atoms with Crippen LogP contribution in [0.25, 0.3) is 0 Å². The quantitative estimate of drug-likeness (QED) is 0.668. The van der Waals surface area contributed by atoms with E-state index in [2.05, 4.69) is 5.32 Å². The first-order valence-electron chi connectivity index (χ1n) is 5.28. The smallest absolute Gasteiger partial charge is 0.311 e. The van der Waals surface area contributed by atoms with Gasteiger partial charge < -0.3 is 10.1 Å². The molecule has 0 aliphatic carbocycles. The summed E-state index contributed by atoms with van der Waals surface area (Å²) in [4.78, 5) is 10.4. The average Bonchev–Trinajstić information content (AvgIpc) is 2.81. The van der Waals surface area contributed by atoms with Crippen LogP contribution in [-0.4, -0.2) is 18.6 Å². The van der Waals surface area contributed by atoms with Crippen LogP contribution in [0.4, 0.5) is 5.69 Å². The maximum atomic E-state index is 10.9. The number of hydrogen-bond donors (Lipinski definition) is 1. The molecule has 1 aromatic carbocycles. The number of nitrogens with zero attached hydrogens (tertiary/aromatic N) is 1. The molecule has 94 valence electrons. The van der Waals surface area contributed by atoms with Crippen LogP contribution >= 0.6 is 12.4 Å². The summed E-state index contributed by atoms with van der Waals surface area (Å²) < 4.78 is 4.96. The summed E-state index contributed by atoms with van der Waals surface area (Å²) in [6.45, 7) is 0.977. The van der Waals surface area contributed by atoms with Crippen molar-refractivity contribution in [1.29, 1.82) is 0 Å².